The van der Waals surface area contributed by atoms with Crippen LogP contribution in [0, 0.1) is 0 Å². The summed E-state index contributed by atoms with van der Waals surface area (Å²) in [6.45, 7) is 0. The molecule has 1 aromatic carbocycles. The van der Waals surface area contributed by atoms with Crippen molar-refractivity contribution >= 4 is 23.0 Å². The molecule has 0 N–H and O–H groups in total. The van der Waals surface area contributed by atoms with Gasteiger partial charge < -0.3 is 0 Å². The zero-order valence-corrected chi connectivity index (χ0v) is 6.64. The van der Waals surface area contributed by atoms with Gasteiger partial charge in [0, 0.05) is 4.99 Å². The van der Waals surface area contributed by atoms with E-state index in [-0.39, 0.29) is 0 Å². The van der Waals surface area contributed by atoms with Crippen LogP contribution in [0.5, 0.6) is 0 Å². The van der Waals surface area contributed by atoms with Crippen LogP contribution in [-0.2, 0) is 0 Å². The van der Waals surface area contributed by atoms with Crippen LogP contribution in [0.15, 0.2) is 40.7 Å². The third-order valence-electron chi connectivity index (χ3n) is 1.46. The van der Waals surface area contributed by atoms with Gasteiger partial charge >= 0.3 is 0 Å². The van der Waals surface area contributed by atoms with Crippen molar-refractivity contribution in [2.75, 3.05) is 0 Å². The van der Waals surface area contributed by atoms with Gasteiger partial charge in [0.1, 0.15) is 17.2 Å². The van der Waals surface area contributed by atoms with Crippen LogP contribution in [-0.4, -0.2) is 5.55 Å². The van der Waals surface area contributed by atoms with Gasteiger partial charge in [-0.3, -0.25) is 0 Å². The van der Waals surface area contributed by atoms with Gasteiger partial charge in [-0.05, 0) is 12.1 Å². The number of nitrogens with zero attached hydrogens (tertiary/aromatic N) is 1. The highest BCUT2D eigenvalue weighted by molar-refractivity contribution is 8.15. The molecule has 0 bridgehead atoms. The second-order valence-electron chi connectivity index (χ2n) is 2.19. The molecule has 1 aliphatic rings. The molecule has 0 saturated carbocycles. The summed E-state index contributed by atoms with van der Waals surface area (Å²) in [5.74, 6) is 0. The van der Waals surface area contributed by atoms with Gasteiger partial charge in [0.2, 0.25) is 5.70 Å². The summed E-state index contributed by atoms with van der Waals surface area (Å²) in [4.78, 5) is 4.08. The number of thioether (sulfide) groups is 1. The van der Waals surface area contributed by atoms with E-state index in [9.17, 15) is 0 Å². The van der Waals surface area contributed by atoms with Crippen LogP contribution in [0.1, 0.15) is 5.56 Å². The Labute approximate surface area is 69.8 Å². The van der Waals surface area contributed by atoms with Crippen LogP contribution in [0.25, 0.3) is 5.70 Å². The molecular formula is C9H6NS+. The van der Waals surface area contributed by atoms with Gasteiger partial charge in [-0.25, -0.2) is 0 Å². The number of benzene rings is 1. The fourth-order valence-corrected chi connectivity index (χ4v) is 1.43. The lowest BCUT2D eigenvalue weighted by molar-refractivity contribution is 1.54. The summed E-state index contributed by atoms with van der Waals surface area (Å²) in [6, 6.07) is 10.1. The summed E-state index contributed by atoms with van der Waals surface area (Å²) >= 11 is 1.50. The maximum atomic E-state index is 4.08. The van der Waals surface area contributed by atoms with Crippen LogP contribution in [0.4, 0.5) is 0 Å². The van der Waals surface area contributed by atoms with Crippen LogP contribution < -0.4 is 0 Å². The molecule has 0 saturated heterocycles. The number of hydrogen-bond donors (Lipinski definition) is 0. The quantitative estimate of drug-likeness (QED) is 0.575. The molecule has 1 aromatic rings. The van der Waals surface area contributed by atoms with Crippen molar-refractivity contribution in [2.45, 2.75) is 0 Å². The Morgan fingerprint density at radius 2 is 2.00 bits per heavy atom. The summed E-state index contributed by atoms with van der Waals surface area (Å²) in [5.41, 5.74) is 4.99. The topological polar surface area (TPSA) is 12.4 Å². The predicted molar refractivity (Wildman–Crippen MR) is 49.4 cm³/mol. The van der Waals surface area contributed by atoms with Gasteiger partial charge in [0.25, 0.3) is 5.55 Å². The zero-order valence-electron chi connectivity index (χ0n) is 5.82. The summed E-state index contributed by atoms with van der Waals surface area (Å²) in [7, 11) is 0. The van der Waals surface area contributed by atoms with Crippen molar-refractivity contribution in [1.29, 1.82) is 0 Å². The maximum Gasteiger partial charge on any atom is 0.272 e. The van der Waals surface area contributed by atoms with Crippen LogP contribution in [0.2, 0.25) is 0 Å². The Morgan fingerprint density at radius 1 is 1.18 bits per heavy atom. The molecule has 1 aliphatic heterocycles. The van der Waals surface area contributed by atoms with Gasteiger partial charge in [0.15, 0.2) is 0 Å². The first kappa shape index (κ1) is 6.59. The van der Waals surface area contributed by atoms with E-state index in [1.807, 2.05) is 35.7 Å². The minimum Gasteiger partial charge on any atom is -0.0621 e. The molecule has 0 unspecified atom stereocenters. The Bertz CT molecular complexity index is 301. The molecule has 0 aromatic heterocycles. The molecule has 0 spiro atoms. The Morgan fingerprint density at radius 3 is 2.64 bits per heavy atom. The van der Waals surface area contributed by atoms with Gasteiger partial charge in [-0.2, -0.15) is 0 Å². The molecular weight excluding hydrogens is 154 g/mol. The highest BCUT2D eigenvalue weighted by Crippen LogP contribution is 2.23. The van der Waals surface area contributed by atoms with E-state index < -0.39 is 0 Å². The lowest BCUT2D eigenvalue weighted by Gasteiger charge is -1.86. The third-order valence-corrected chi connectivity index (χ3v) is 2.00. The average Bonchev–Trinajstić information content (AvgIpc) is 2.58. The summed E-state index contributed by atoms with van der Waals surface area (Å²) in [6.07, 6.45) is 0. The van der Waals surface area contributed by atoms with Crippen molar-refractivity contribution in [1.82, 2.24) is 0 Å². The monoisotopic (exact) mass is 160 g/mol. The summed E-state index contributed by atoms with van der Waals surface area (Å²) in [5, 5.41) is 2.00. The van der Waals surface area contributed by atoms with E-state index in [1.54, 1.807) is 0 Å². The number of aliphatic imine (C=N–C) groups is 1. The molecule has 1 nitrogen and oxygen atoms in total. The molecule has 0 atom stereocenters. The van der Waals surface area contributed by atoms with Gasteiger partial charge in [-0.1, -0.05) is 18.2 Å². The maximum absolute atomic E-state index is 4.08. The smallest absolute Gasteiger partial charge is 0.0621 e. The fourth-order valence-electron chi connectivity index (χ4n) is 0.926. The molecule has 52 valence electrons. The van der Waals surface area contributed by atoms with E-state index in [0.29, 0.717) is 0 Å². The Kier molecular flexibility index (Phi) is 1.72. The Balaban J connectivity index is 2.37. The largest absolute Gasteiger partial charge is 0.272 e. The van der Waals surface area contributed by atoms with E-state index >= 15 is 0 Å². The highest BCUT2D eigenvalue weighted by Gasteiger charge is 2.14. The first-order valence-electron chi connectivity index (χ1n) is 3.34. The Hall–Kier alpha value is -1.11. The molecule has 0 amide bonds. The first-order valence-corrected chi connectivity index (χ1v) is 4.22. The molecule has 11 heavy (non-hydrogen) atoms. The molecule has 1 heterocycles. The minimum atomic E-state index is 1.01. The van der Waals surface area contributed by atoms with Crippen molar-refractivity contribution in [3.63, 3.8) is 0 Å². The molecule has 2 heteroatoms. The first-order chi connectivity index (χ1) is 5.47. The van der Waals surface area contributed by atoms with E-state index in [1.165, 1.54) is 11.8 Å². The zero-order chi connectivity index (χ0) is 7.52. The lowest BCUT2D eigenvalue weighted by Crippen LogP contribution is -1.75. The normalized spacial score (nSPS) is 14.4. The van der Waals surface area contributed by atoms with Crippen molar-refractivity contribution in [3.05, 3.63) is 41.3 Å². The van der Waals surface area contributed by atoms with Crippen molar-refractivity contribution in [2.24, 2.45) is 4.99 Å². The van der Waals surface area contributed by atoms with Crippen LogP contribution in [0.3, 0.4) is 0 Å². The second-order valence-corrected chi connectivity index (χ2v) is 2.84. The lowest BCUT2D eigenvalue weighted by atomic mass is 10.2. The standard InChI is InChI=1S/C9H6NS/c1-2-4-8(5-3-1)9-6-11-7-10-9/h1-6H/q+1. The average molecular weight is 160 g/mol. The van der Waals surface area contributed by atoms with E-state index in [4.69, 9.17) is 0 Å². The number of hydrogen-bond acceptors (Lipinski definition) is 2. The third kappa shape index (κ3) is 1.32. The van der Waals surface area contributed by atoms with Crippen LogP contribution >= 0.6 is 11.8 Å². The van der Waals surface area contributed by atoms with Gasteiger partial charge in [-0.15, -0.1) is 0 Å². The fraction of sp³-hybridized carbons (Fsp3) is 0. The molecule has 0 radical (unpaired) electrons. The second kappa shape index (κ2) is 2.87. The minimum absolute atomic E-state index is 1.01. The molecule has 0 fully saturated rings. The highest BCUT2D eigenvalue weighted by atomic mass is 32.2. The summed E-state index contributed by atoms with van der Waals surface area (Å²) < 4.78 is 0. The van der Waals surface area contributed by atoms with E-state index in [2.05, 4.69) is 10.5 Å². The molecule has 2 rings (SSSR count). The predicted octanol–water partition coefficient (Wildman–Crippen LogP) is 2.64. The van der Waals surface area contributed by atoms with Crippen molar-refractivity contribution in [3.8, 4) is 0 Å². The number of rotatable bonds is 1. The van der Waals surface area contributed by atoms with Gasteiger partial charge in [0.05, 0.1) is 5.56 Å². The SMILES string of the molecule is [C+]1=NC(c2ccccc2)=CS1. The molecule has 0 aliphatic carbocycles. The van der Waals surface area contributed by atoms with E-state index in [0.717, 1.165) is 11.3 Å². The van der Waals surface area contributed by atoms with Crippen molar-refractivity contribution < 1.29 is 0 Å².